The summed E-state index contributed by atoms with van der Waals surface area (Å²) in [4.78, 5) is 72.9. The predicted molar refractivity (Wildman–Crippen MR) is 395 cm³/mol. The van der Waals surface area contributed by atoms with E-state index in [1.807, 2.05) is 0 Å². The summed E-state index contributed by atoms with van der Waals surface area (Å²) in [7, 11) is -9.93. The quantitative estimate of drug-likeness (QED) is 0.0169. The van der Waals surface area contributed by atoms with E-state index in [1.165, 1.54) is 186 Å². The van der Waals surface area contributed by atoms with Crippen LogP contribution < -0.4 is 0 Å². The Morgan fingerprint density at radius 1 is 0.330 bits per heavy atom. The molecule has 0 bridgehead atoms. The molecule has 0 aliphatic rings. The van der Waals surface area contributed by atoms with Gasteiger partial charge in [-0.05, 0) is 57.3 Å². The van der Waals surface area contributed by atoms with Crippen LogP contribution in [0.15, 0.2) is 24.3 Å². The summed E-state index contributed by atoms with van der Waals surface area (Å²) in [6, 6.07) is 0. The van der Waals surface area contributed by atoms with E-state index in [0.29, 0.717) is 25.7 Å². The number of hydrogen-bond acceptors (Lipinski definition) is 15. The average molecular weight is 1420 g/mol. The second-order valence-corrected chi connectivity index (χ2v) is 30.6. The topological polar surface area (TPSA) is 237 Å². The van der Waals surface area contributed by atoms with E-state index in [-0.39, 0.29) is 25.7 Å². The number of phosphoric ester groups is 2. The minimum atomic E-state index is -4.97. The average Bonchev–Trinajstić information content (AvgIpc) is 2.12. The largest absolute Gasteiger partial charge is 0.472 e. The molecule has 0 radical (unpaired) electrons. The first-order chi connectivity index (χ1) is 47.1. The molecule has 97 heavy (non-hydrogen) atoms. The van der Waals surface area contributed by atoms with Gasteiger partial charge in [0.25, 0.3) is 0 Å². The third kappa shape index (κ3) is 70.4. The molecule has 0 saturated heterocycles. The maximum Gasteiger partial charge on any atom is 0.472 e. The van der Waals surface area contributed by atoms with Crippen molar-refractivity contribution in [3.05, 3.63) is 24.3 Å². The van der Waals surface area contributed by atoms with E-state index < -0.39 is 97.5 Å². The zero-order chi connectivity index (χ0) is 71.2. The van der Waals surface area contributed by atoms with Crippen LogP contribution in [0.2, 0.25) is 0 Å². The van der Waals surface area contributed by atoms with Gasteiger partial charge in [-0.2, -0.15) is 0 Å². The van der Waals surface area contributed by atoms with E-state index >= 15 is 0 Å². The highest BCUT2D eigenvalue weighted by Gasteiger charge is 2.30. The van der Waals surface area contributed by atoms with Crippen molar-refractivity contribution >= 4 is 39.5 Å². The molecule has 19 heteroatoms. The summed E-state index contributed by atoms with van der Waals surface area (Å²) in [5, 5.41) is 10.6. The molecule has 17 nitrogen and oxygen atoms in total. The van der Waals surface area contributed by atoms with E-state index in [9.17, 15) is 43.2 Å². The van der Waals surface area contributed by atoms with Gasteiger partial charge >= 0.3 is 39.5 Å². The van der Waals surface area contributed by atoms with E-state index in [2.05, 4.69) is 58.9 Å². The number of aliphatic hydroxyl groups is 1. The van der Waals surface area contributed by atoms with Gasteiger partial charge in [0.15, 0.2) is 12.2 Å². The van der Waals surface area contributed by atoms with Crippen molar-refractivity contribution in [2.75, 3.05) is 39.6 Å². The van der Waals surface area contributed by atoms with Gasteiger partial charge in [-0.1, -0.05) is 335 Å². The number of esters is 4. The molecule has 0 aliphatic carbocycles. The van der Waals surface area contributed by atoms with Crippen LogP contribution in [0.4, 0.5) is 0 Å². The molecule has 0 fully saturated rings. The molecule has 0 aromatic heterocycles. The van der Waals surface area contributed by atoms with Crippen molar-refractivity contribution in [3.63, 3.8) is 0 Å². The van der Waals surface area contributed by atoms with E-state index in [0.717, 1.165) is 121 Å². The number of phosphoric acid groups is 2. The maximum absolute atomic E-state index is 13.1. The van der Waals surface area contributed by atoms with Gasteiger partial charge in [-0.25, -0.2) is 9.13 Å². The van der Waals surface area contributed by atoms with Gasteiger partial charge in [0.1, 0.15) is 19.3 Å². The number of hydrogen-bond donors (Lipinski definition) is 3. The Morgan fingerprint density at radius 3 is 0.876 bits per heavy atom. The molecule has 6 atom stereocenters. The SMILES string of the molecule is CCCCCC/C=C\C=C/CCCCCCCC(=O)OC[C@H](COP(=O)(O)OC[C@@H](O)COP(=O)(O)OC[C@@H](COC(=O)CCCCCCCCC(C)CC)OC(=O)CCCCCCCCCCCCCCCCC)OC(=O)CCCCCCCCCCCCCCCCCCC. The minimum absolute atomic E-state index is 0.102. The summed E-state index contributed by atoms with van der Waals surface area (Å²) in [5.41, 5.74) is 0. The normalized spacial score (nSPS) is 14.4. The molecule has 3 N–H and O–H groups in total. The smallest absolute Gasteiger partial charge is 0.462 e. The molecule has 0 heterocycles. The fourth-order valence-electron chi connectivity index (χ4n) is 11.5. The zero-order valence-corrected chi connectivity index (χ0v) is 64.5. The third-order valence-electron chi connectivity index (χ3n) is 18.0. The summed E-state index contributed by atoms with van der Waals surface area (Å²) in [6.45, 7) is 7.21. The second kappa shape index (κ2) is 70.6. The first-order valence-corrected chi connectivity index (χ1v) is 43.0. The highest BCUT2D eigenvalue weighted by Crippen LogP contribution is 2.45. The molecule has 0 rings (SSSR count). The highest BCUT2D eigenvalue weighted by molar-refractivity contribution is 7.47. The van der Waals surface area contributed by atoms with Crippen molar-refractivity contribution in [3.8, 4) is 0 Å². The van der Waals surface area contributed by atoms with Crippen molar-refractivity contribution in [1.29, 1.82) is 0 Å². The fourth-order valence-corrected chi connectivity index (χ4v) is 13.1. The number of ether oxygens (including phenoxy) is 4. The number of allylic oxidation sites excluding steroid dienone is 4. The molecule has 0 amide bonds. The van der Waals surface area contributed by atoms with Gasteiger partial charge in [-0.3, -0.25) is 37.3 Å². The maximum atomic E-state index is 13.1. The van der Waals surface area contributed by atoms with Crippen LogP contribution in [0.3, 0.4) is 0 Å². The fraction of sp³-hybridized carbons (Fsp3) is 0.897. The van der Waals surface area contributed by atoms with Gasteiger partial charge < -0.3 is 33.8 Å². The van der Waals surface area contributed by atoms with Crippen LogP contribution in [0.1, 0.15) is 388 Å². The van der Waals surface area contributed by atoms with Crippen LogP contribution in [0.25, 0.3) is 0 Å². The second-order valence-electron chi connectivity index (χ2n) is 27.7. The molecule has 572 valence electrons. The number of carbonyl (C=O) groups is 4. The van der Waals surface area contributed by atoms with Crippen LogP contribution >= 0.6 is 15.6 Å². The Hall–Kier alpha value is -2.46. The number of unbranched alkanes of at least 4 members (excludes halogenated alkanes) is 44. The summed E-state index contributed by atoms with van der Waals surface area (Å²) >= 11 is 0. The molecule has 0 spiro atoms. The third-order valence-corrected chi connectivity index (χ3v) is 19.9. The molecule has 0 aromatic carbocycles. The van der Waals surface area contributed by atoms with Gasteiger partial charge in [0, 0.05) is 25.7 Å². The van der Waals surface area contributed by atoms with Crippen LogP contribution in [0, 0.1) is 5.92 Å². The molecular weight excluding hydrogens is 1270 g/mol. The lowest BCUT2D eigenvalue weighted by molar-refractivity contribution is -0.161. The number of carbonyl (C=O) groups excluding carboxylic acids is 4. The van der Waals surface area contributed by atoms with Crippen LogP contribution in [0.5, 0.6) is 0 Å². The zero-order valence-electron chi connectivity index (χ0n) is 62.7. The summed E-state index contributed by atoms with van der Waals surface area (Å²) in [6.07, 6.45) is 63.2. The van der Waals surface area contributed by atoms with E-state index in [4.69, 9.17) is 37.0 Å². The summed E-state index contributed by atoms with van der Waals surface area (Å²) in [5.74, 6) is -1.41. The van der Waals surface area contributed by atoms with E-state index in [1.54, 1.807) is 0 Å². The van der Waals surface area contributed by atoms with Crippen molar-refractivity contribution in [2.45, 2.75) is 406 Å². The Labute approximate surface area is 592 Å². The Kier molecular flexibility index (Phi) is 68.8. The molecule has 0 aliphatic heterocycles. The first kappa shape index (κ1) is 94.5. The predicted octanol–water partition coefficient (Wildman–Crippen LogP) is 22.8. The molecule has 0 aromatic rings. The van der Waals surface area contributed by atoms with Crippen molar-refractivity contribution in [1.82, 2.24) is 0 Å². The lowest BCUT2D eigenvalue weighted by atomic mass is 10.00. The first-order valence-electron chi connectivity index (χ1n) is 40.0. The Balaban J connectivity index is 5.28. The van der Waals surface area contributed by atoms with Gasteiger partial charge in [0.05, 0.1) is 26.4 Å². The molecule has 3 unspecified atom stereocenters. The van der Waals surface area contributed by atoms with Crippen molar-refractivity contribution < 1.29 is 80.2 Å². The Bertz CT molecular complexity index is 1950. The summed E-state index contributed by atoms with van der Waals surface area (Å²) < 4.78 is 68.6. The monoisotopic (exact) mass is 1420 g/mol. The van der Waals surface area contributed by atoms with Crippen LogP contribution in [-0.2, 0) is 65.4 Å². The number of rotatable bonds is 76. The minimum Gasteiger partial charge on any atom is -0.462 e. The molecular formula is C78H148O17P2. The number of aliphatic hydroxyl groups excluding tert-OH is 1. The van der Waals surface area contributed by atoms with Crippen molar-refractivity contribution in [2.24, 2.45) is 5.92 Å². The van der Waals surface area contributed by atoms with Crippen LogP contribution in [-0.4, -0.2) is 96.7 Å². The van der Waals surface area contributed by atoms with Gasteiger partial charge in [0.2, 0.25) is 0 Å². The standard InChI is InChI=1S/C78H148O17P2/c1-6-10-13-16-19-22-25-28-31-32-35-38-41-44-47-54-59-63-77(82)94-73(67-88-75(80)61-56-51-45-42-39-36-33-29-26-23-20-17-14-11-7-2)69-92-96(84,85)90-65-72(79)66-91-97(86,87)93-70-74(68-89-76(81)62-57-52-49-48-50-55-60-71(5)9-4)95-78(83)64-58-53-46-43-40-37-34-30-27-24-21-18-15-12-8-3/h23,26,29,33,71-74,79H,6-22,24-25,27-28,30-32,34-70H2,1-5H3,(H,84,85)(H,86,87)/b26-23-,33-29-/t71?,72-,73-,74-/m1/s1. The lowest BCUT2D eigenvalue weighted by Crippen LogP contribution is -2.30. The molecule has 0 saturated carbocycles. The van der Waals surface area contributed by atoms with Gasteiger partial charge in [-0.15, -0.1) is 0 Å². The lowest BCUT2D eigenvalue weighted by Gasteiger charge is -2.21. The highest BCUT2D eigenvalue weighted by atomic mass is 31.2. The Morgan fingerprint density at radius 2 is 0.577 bits per heavy atom.